The Balaban J connectivity index is 1.93. The molecule has 2 rings (SSSR count). The molecule has 0 amide bonds. The summed E-state index contributed by atoms with van der Waals surface area (Å²) in [6.45, 7) is 4.05. The number of epoxide rings is 1. The van der Waals surface area contributed by atoms with Crippen molar-refractivity contribution in [2.75, 3.05) is 13.2 Å². The van der Waals surface area contributed by atoms with E-state index in [0.29, 0.717) is 18.1 Å². The highest BCUT2D eigenvalue weighted by molar-refractivity contribution is 4.86. The van der Waals surface area contributed by atoms with Crippen LogP contribution in [0, 0.1) is 5.92 Å². The van der Waals surface area contributed by atoms with Gasteiger partial charge in [-0.15, -0.1) is 0 Å². The molecule has 0 N–H and O–H groups in total. The Bertz CT molecular complexity index is 109. The molecular formula is C7H12O2. The average Bonchev–Trinajstić information content (AvgIpc) is 2.58. The standard InChI is InChI=1S/C7H12O2/c1-5-6(2-3-8-5)7-4-9-7/h5-7H,2-4H2,1H3. The third-order valence-corrected chi connectivity index (χ3v) is 2.27. The van der Waals surface area contributed by atoms with E-state index in [9.17, 15) is 0 Å². The molecule has 0 aromatic rings. The van der Waals surface area contributed by atoms with Crippen LogP contribution in [0.2, 0.25) is 0 Å². The van der Waals surface area contributed by atoms with Crippen LogP contribution in [0.1, 0.15) is 13.3 Å². The van der Waals surface area contributed by atoms with Crippen molar-refractivity contribution in [3.05, 3.63) is 0 Å². The van der Waals surface area contributed by atoms with Crippen molar-refractivity contribution in [2.24, 2.45) is 5.92 Å². The smallest absolute Gasteiger partial charge is 0.0863 e. The van der Waals surface area contributed by atoms with Crippen LogP contribution >= 0.6 is 0 Å². The van der Waals surface area contributed by atoms with Crippen LogP contribution in [-0.2, 0) is 9.47 Å². The first-order valence-electron chi connectivity index (χ1n) is 3.61. The summed E-state index contributed by atoms with van der Waals surface area (Å²) >= 11 is 0. The van der Waals surface area contributed by atoms with Gasteiger partial charge in [0.15, 0.2) is 0 Å². The highest BCUT2D eigenvalue weighted by Gasteiger charge is 2.39. The molecule has 0 aliphatic carbocycles. The molecule has 3 unspecified atom stereocenters. The molecule has 2 aliphatic rings. The SMILES string of the molecule is CC1OCCC1C1CO1. The normalized spacial score (nSPS) is 49.7. The van der Waals surface area contributed by atoms with E-state index in [0.717, 1.165) is 13.2 Å². The summed E-state index contributed by atoms with van der Waals surface area (Å²) in [5.41, 5.74) is 0. The van der Waals surface area contributed by atoms with Crippen LogP contribution < -0.4 is 0 Å². The van der Waals surface area contributed by atoms with E-state index in [4.69, 9.17) is 9.47 Å². The van der Waals surface area contributed by atoms with Gasteiger partial charge in [-0.1, -0.05) is 0 Å². The van der Waals surface area contributed by atoms with Crippen molar-refractivity contribution in [1.82, 2.24) is 0 Å². The maximum atomic E-state index is 5.39. The molecule has 3 atom stereocenters. The molecule has 2 heteroatoms. The van der Waals surface area contributed by atoms with Gasteiger partial charge in [0.2, 0.25) is 0 Å². The Kier molecular flexibility index (Phi) is 1.24. The van der Waals surface area contributed by atoms with Gasteiger partial charge in [0.05, 0.1) is 18.8 Å². The zero-order chi connectivity index (χ0) is 6.27. The molecule has 2 nitrogen and oxygen atoms in total. The summed E-state index contributed by atoms with van der Waals surface area (Å²) < 4.78 is 10.6. The van der Waals surface area contributed by atoms with Gasteiger partial charge in [0.1, 0.15) is 0 Å². The molecule has 2 fully saturated rings. The molecule has 0 saturated carbocycles. The van der Waals surface area contributed by atoms with Crippen LogP contribution in [0.5, 0.6) is 0 Å². The second-order valence-corrected chi connectivity index (χ2v) is 2.90. The minimum absolute atomic E-state index is 0.442. The Morgan fingerprint density at radius 1 is 1.33 bits per heavy atom. The van der Waals surface area contributed by atoms with E-state index in [2.05, 4.69) is 6.92 Å². The van der Waals surface area contributed by atoms with Gasteiger partial charge in [0, 0.05) is 12.5 Å². The Morgan fingerprint density at radius 3 is 2.56 bits per heavy atom. The molecule has 0 aromatic heterocycles. The predicted octanol–water partition coefficient (Wildman–Crippen LogP) is 0.810. The lowest BCUT2D eigenvalue weighted by atomic mass is 10.00. The van der Waals surface area contributed by atoms with Crippen LogP contribution in [0.25, 0.3) is 0 Å². The van der Waals surface area contributed by atoms with Gasteiger partial charge in [-0.05, 0) is 13.3 Å². The maximum Gasteiger partial charge on any atom is 0.0863 e. The third-order valence-electron chi connectivity index (χ3n) is 2.27. The molecule has 2 saturated heterocycles. The van der Waals surface area contributed by atoms with Gasteiger partial charge < -0.3 is 9.47 Å². The summed E-state index contributed by atoms with van der Waals surface area (Å²) in [6, 6.07) is 0. The first kappa shape index (κ1) is 5.69. The fourth-order valence-electron chi connectivity index (χ4n) is 1.54. The van der Waals surface area contributed by atoms with Crippen molar-refractivity contribution in [2.45, 2.75) is 25.6 Å². The second kappa shape index (κ2) is 1.96. The number of rotatable bonds is 1. The van der Waals surface area contributed by atoms with E-state index in [1.807, 2.05) is 0 Å². The molecule has 0 radical (unpaired) electrons. The van der Waals surface area contributed by atoms with Crippen molar-refractivity contribution < 1.29 is 9.47 Å². The highest BCUT2D eigenvalue weighted by atomic mass is 16.6. The largest absolute Gasteiger partial charge is 0.378 e. The van der Waals surface area contributed by atoms with Gasteiger partial charge in [-0.3, -0.25) is 0 Å². The Morgan fingerprint density at radius 2 is 2.11 bits per heavy atom. The quantitative estimate of drug-likeness (QED) is 0.487. The summed E-state index contributed by atoms with van der Waals surface area (Å²) in [4.78, 5) is 0. The number of ether oxygens (including phenoxy) is 2. The summed E-state index contributed by atoms with van der Waals surface area (Å²) in [5.74, 6) is 0.699. The van der Waals surface area contributed by atoms with Gasteiger partial charge in [0.25, 0.3) is 0 Å². The molecule has 0 spiro atoms. The fraction of sp³-hybridized carbons (Fsp3) is 1.00. The summed E-state index contributed by atoms with van der Waals surface area (Å²) in [6.07, 6.45) is 2.19. The fourth-order valence-corrected chi connectivity index (χ4v) is 1.54. The van der Waals surface area contributed by atoms with E-state index < -0.39 is 0 Å². The zero-order valence-electron chi connectivity index (χ0n) is 5.67. The second-order valence-electron chi connectivity index (χ2n) is 2.90. The molecule has 2 heterocycles. The van der Waals surface area contributed by atoms with Crippen molar-refractivity contribution >= 4 is 0 Å². The van der Waals surface area contributed by atoms with Gasteiger partial charge >= 0.3 is 0 Å². The Labute approximate surface area is 55.1 Å². The minimum atomic E-state index is 0.442. The van der Waals surface area contributed by atoms with Crippen molar-refractivity contribution in [3.63, 3.8) is 0 Å². The molecule has 2 aliphatic heterocycles. The summed E-state index contributed by atoms with van der Waals surface area (Å²) in [5, 5.41) is 0. The molecule has 9 heavy (non-hydrogen) atoms. The van der Waals surface area contributed by atoms with E-state index in [1.54, 1.807) is 0 Å². The molecular weight excluding hydrogens is 116 g/mol. The maximum absolute atomic E-state index is 5.39. The number of hydrogen-bond donors (Lipinski definition) is 0. The predicted molar refractivity (Wildman–Crippen MR) is 33.3 cm³/mol. The third kappa shape index (κ3) is 0.970. The van der Waals surface area contributed by atoms with Gasteiger partial charge in [-0.25, -0.2) is 0 Å². The lowest BCUT2D eigenvalue weighted by molar-refractivity contribution is 0.0980. The van der Waals surface area contributed by atoms with Crippen LogP contribution in [0.4, 0.5) is 0 Å². The highest BCUT2D eigenvalue weighted by Crippen LogP contribution is 2.31. The molecule has 0 bridgehead atoms. The first-order chi connectivity index (χ1) is 4.38. The molecule has 0 aromatic carbocycles. The summed E-state index contributed by atoms with van der Waals surface area (Å²) in [7, 11) is 0. The lowest BCUT2D eigenvalue weighted by Gasteiger charge is -2.08. The van der Waals surface area contributed by atoms with Crippen molar-refractivity contribution in [1.29, 1.82) is 0 Å². The lowest BCUT2D eigenvalue weighted by Crippen LogP contribution is -2.16. The monoisotopic (exact) mass is 128 g/mol. The zero-order valence-corrected chi connectivity index (χ0v) is 5.67. The average molecular weight is 128 g/mol. The van der Waals surface area contributed by atoms with Crippen LogP contribution in [-0.4, -0.2) is 25.4 Å². The number of hydrogen-bond acceptors (Lipinski definition) is 2. The van der Waals surface area contributed by atoms with E-state index in [-0.39, 0.29) is 0 Å². The minimum Gasteiger partial charge on any atom is -0.378 e. The molecule has 52 valence electrons. The van der Waals surface area contributed by atoms with Gasteiger partial charge in [-0.2, -0.15) is 0 Å². The Hall–Kier alpha value is -0.0800. The topological polar surface area (TPSA) is 21.8 Å². The van der Waals surface area contributed by atoms with E-state index >= 15 is 0 Å². The van der Waals surface area contributed by atoms with Crippen molar-refractivity contribution in [3.8, 4) is 0 Å². The van der Waals surface area contributed by atoms with E-state index in [1.165, 1.54) is 6.42 Å². The van der Waals surface area contributed by atoms with Crippen LogP contribution in [0.3, 0.4) is 0 Å². The van der Waals surface area contributed by atoms with Crippen LogP contribution in [0.15, 0.2) is 0 Å². The first-order valence-corrected chi connectivity index (χ1v) is 3.61.